The molecule has 0 spiro atoms. The predicted molar refractivity (Wildman–Crippen MR) is 102 cm³/mol. The van der Waals surface area contributed by atoms with E-state index in [-0.39, 0.29) is 10.7 Å². The van der Waals surface area contributed by atoms with E-state index in [1.54, 1.807) is 18.2 Å². The summed E-state index contributed by atoms with van der Waals surface area (Å²) in [7, 11) is 0. The van der Waals surface area contributed by atoms with Crippen LogP contribution >= 0.6 is 11.6 Å². The summed E-state index contributed by atoms with van der Waals surface area (Å²) >= 11 is 5.64. The van der Waals surface area contributed by atoms with Gasteiger partial charge in [0.05, 0.1) is 18.9 Å². The number of anilines is 1. The maximum absolute atomic E-state index is 13.6. The second-order valence-electron chi connectivity index (χ2n) is 5.87. The van der Waals surface area contributed by atoms with Gasteiger partial charge >= 0.3 is 5.97 Å². The fourth-order valence-corrected chi connectivity index (χ4v) is 2.57. The standard InChI is InChI=1S/C20H17ClFNO5/c21-14-4-5-16(15(22)11-14)23-19(24)12-28-20(25)7-3-13-2-6-17-18(10-13)27-9-1-8-26-17/h2-7,10-11H,1,8-9,12H2,(H,23,24)/b7-3+. The maximum Gasteiger partial charge on any atom is 0.331 e. The van der Waals surface area contributed by atoms with Gasteiger partial charge in [0.15, 0.2) is 18.1 Å². The quantitative estimate of drug-likeness (QED) is 0.604. The Morgan fingerprint density at radius 2 is 1.93 bits per heavy atom. The molecule has 3 rings (SSSR count). The van der Waals surface area contributed by atoms with E-state index >= 15 is 0 Å². The number of hydrogen-bond acceptors (Lipinski definition) is 5. The summed E-state index contributed by atoms with van der Waals surface area (Å²) in [4.78, 5) is 23.6. The second kappa shape index (κ2) is 9.23. The Morgan fingerprint density at radius 1 is 1.14 bits per heavy atom. The zero-order valence-corrected chi connectivity index (χ0v) is 15.5. The topological polar surface area (TPSA) is 73.9 Å². The fourth-order valence-electron chi connectivity index (χ4n) is 2.41. The van der Waals surface area contributed by atoms with E-state index in [1.165, 1.54) is 24.3 Å². The molecule has 0 fully saturated rings. The Balaban J connectivity index is 1.51. The number of nitrogens with one attached hydrogen (secondary N) is 1. The van der Waals surface area contributed by atoms with Gasteiger partial charge in [-0.25, -0.2) is 9.18 Å². The molecule has 0 saturated carbocycles. The Morgan fingerprint density at radius 3 is 2.71 bits per heavy atom. The number of rotatable bonds is 5. The number of ether oxygens (including phenoxy) is 3. The summed E-state index contributed by atoms with van der Waals surface area (Å²) < 4.78 is 29.6. The van der Waals surface area contributed by atoms with Crippen LogP contribution in [0.25, 0.3) is 6.08 Å². The molecule has 6 nitrogen and oxygen atoms in total. The van der Waals surface area contributed by atoms with Gasteiger partial charge in [0.1, 0.15) is 5.82 Å². The third-order valence-electron chi connectivity index (χ3n) is 3.73. The first-order chi connectivity index (χ1) is 13.5. The van der Waals surface area contributed by atoms with E-state index in [2.05, 4.69) is 5.32 Å². The number of esters is 1. The molecule has 0 saturated heterocycles. The summed E-state index contributed by atoms with van der Waals surface area (Å²) in [6.45, 7) is 0.606. The average molecular weight is 406 g/mol. The molecule has 1 heterocycles. The van der Waals surface area contributed by atoms with Gasteiger partial charge in [0, 0.05) is 17.5 Å². The number of carbonyl (C=O) groups excluding carboxylic acids is 2. The number of amides is 1. The lowest BCUT2D eigenvalue weighted by atomic mass is 10.2. The van der Waals surface area contributed by atoms with Crippen LogP contribution in [0.15, 0.2) is 42.5 Å². The fraction of sp³-hybridized carbons (Fsp3) is 0.200. The van der Waals surface area contributed by atoms with Crippen LogP contribution in [-0.2, 0) is 14.3 Å². The van der Waals surface area contributed by atoms with Gasteiger partial charge in [-0.2, -0.15) is 0 Å². The van der Waals surface area contributed by atoms with Crippen LogP contribution in [0.5, 0.6) is 11.5 Å². The summed E-state index contributed by atoms with van der Waals surface area (Å²) in [5.74, 6) is -0.792. The number of carbonyl (C=O) groups is 2. The van der Waals surface area contributed by atoms with Crippen LogP contribution in [0.3, 0.4) is 0 Å². The highest BCUT2D eigenvalue weighted by atomic mass is 35.5. The molecule has 1 N–H and O–H groups in total. The number of hydrogen-bond donors (Lipinski definition) is 1. The molecule has 2 aromatic carbocycles. The van der Waals surface area contributed by atoms with Crippen LogP contribution < -0.4 is 14.8 Å². The Kier molecular flexibility index (Phi) is 6.49. The highest BCUT2D eigenvalue weighted by molar-refractivity contribution is 6.30. The minimum Gasteiger partial charge on any atom is -0.490 e. The van der Waals surface area contributed by atoms with Gasteiger partial charge in [-0.15, -0.1) is 0 Å². The molecule has 1 aliphatic rings. The van der Waals surface area contributed by atoms with Crippen LogP contribution in [0, 0.1) is 5.82 Å². The molecule has 0 aliphatic carbocycles. The van der Waals surface area contributed by atoms with E-state index in [4.69, 9.17) is 25.8 Å². The molecule has 8 heteroatoms. The lowest BCUT2D eigenvalue weighted by molar-refractivity contribution is -0.142. The first kappa shape index (κ1) is 19.7. The predicted octanol–water partition coefficient (Wildman–Crippen LogP) is 3.84. The summed E-state index contributed by atoms with van der Waals surface area (Å²) in [5, 5.41) is 2.51. The first-order valence-electron chi connectivity index (χ1n) is 8.50. The van der Waals surface area contributed by atoms with E-state index in [1.807, 2.05) is 0 Å². The Hall–Kier alpha value is -3.06. The molecule has 0 atom stereocenters. The van der Waals surface area contributed by atoms with E-state index in [0.717, 1.165) is 12.5 Å². The van der Waals surface area contributed by atoms with Gasteiger partial charge in [0.2, 0.25) is 0 Å². The SMILES string of the molecule is O=C(COC(=O)/C=C/c1ccc2c(c1)OCCCO2)Nc1ccc(Cl)cc1F. The van der Waals surface area contributed by atoms with Crippen LogP contribution in [0.4, 0.5) is 10.1 Å². The molecule has 2 aromatic rings. The van der Waals surface area contributed by atoms with Gasteiger partial charge in [-0.1, -0.05) is 17.7 Å². The van der Waals surface area contributed by atoms with Crippen molar-refractivity contribution in [2.75, 3.05) is 25.1 Å². The maximum atomic E-state index is 13.6. The molecule has 146 valence electrons. The molecule has 28 heavy (non-hydrogen) atoms. The van der Waals surface area contributed by atoms with Gasteiger partial charge in [-0.3, -0.25) is 4.79 Å². The Labute approximate surface area is 165 Å². The van der Waals surface area contributed by atoms with E-state index in [0.29, 0.717) is 30.3 Å². The molecule has 1 aliphatic heterocycles. The van der Waals surface area contributed by atoms with Crippen LogP contribution in [0.1, 0.15) is 12.0 Å². The molecule has 0 radical (unpaired) electrons. The van der Waals surface area contributed by atoms with Crippen molar-refractivity contribution in [2.24, 2.45) is 0 Å². The highest BCUT2D eigenvalue weighted by Gasteiger charge is 2.11. The van der Waals surface area contributed by atoms with Crippen molar-refractivity contribution in [3.05, 3.63) is 58.9 Å². The lowest BCUT2D eigenvalue weighted by Crippen LogP contribution is -2.20. The zero-order chi connectivity index (χ0) is 19.9. The molecular formula is C20H17ClFNO5. The monoisotopic (exact) mass is 405 g/mol. The molecule has 1 amide bonds. The zero-order valence-electron chi connectivity index (χ0n) is 14.7. The van der Waals surface area contributed by atoms with E-state index in [9.17, 15) is 14.0 Å². The molecule has 0 unspecified atom stereocenters. The summed E-state index contributed by atoms with van der Waals surface area (Å²) in [6, 6.07) is 9.11. The van der Waals surface area contributed by atoms with Gasteiger partial charge < -0.3 is 19.5 Å². The van der Waals surface area contributed by atoms with Crippen molar-refractivity contribution < 1.29 is 28.2 Å². The van der Waals surface area contributed by atoms with Crippen molar-refractivity contribution in [3.63, 3.8) is 0 Å². The largest absolute Gasteiger partial charge is 0.490 e. The Bertz CT molecular complexity index is 915. The average Bonchev–Trinajstić information content (AvgIpc) is 2.92. The summed E-state index contributed by atoms with van der Waals surface area (Å²) in [6.07, 6.45) is 3.53. The van der Waals surface area contributed by atoms with Crippen LogP contribution in [0.2, 0.25) is 5.02 Å². The minimum absolute atomic E-state index is 0.0480. The van der Waals surface area contributed by atoms with Gasteiger partial charge in [-0.05, 0) is 42.0 Å². The van der Waals surface area contributed by atoms with Crippen LogP contribution in [-0.4, -0.2) is 31.7 Å². The normalized spacial score (nSPS) is 13.1. The molecule has 0 bridgehead atoms. The molecule has 0 aromatic heterocycles. The number of fused-ring (bicyclic) bond motifs is 1. The van der Waals surface area contributed by atoms with Crippen molar-refractivity contribution in [1.82, 2.24) is 0 Å². The van der Waals surface area contributed by atoms with Gasteiger partial charge in [0.25, 0.3) is 5.91 Å². The third-order valence-corrected chi connectivity index (χ3v) is 3.97. The highest BCUT2D eigenvalue weighted by Crippen LogP contribution is 2.30. The van der Waals surface area contributed by atoms with Crippen molar-refractivity contribution in [2.45, 2.75) is 6.42 Å². The number of halogens is 2. The second-order valence-corrected chi connectivity index (χ2v) is 6.31. The minimum atomic E-state index is -0.709. The van der Waals surface area contributed by atoms with Crippen molar-refractivity contribution in [3.8, 4) is 11.5 Å². The van der Waals surface area contributed by atoms with Crippen molar-refractivity contribution >= 4 is 35.2 Å². The third kappa shape index (κ3) is 5.47. The summed E-state index contributed by atoms with van der Waals surface area (Å²) in [5.41, 5.74) is 0.669. The molecular weight excluding hydrogens is 389 g/mol. The smallest absolute Gasteiger partial charge is 0.331 e. The number of benzene rings is 2. The first-order valence-corrected chi connectivity index (χ1v) is 8.88. The lowest BCUT2D eigenvalue weighted by Gasteiger charge is -2.07. The van der Waals surface area contributed by atoms with Crippen molar-refractivity contribution in [1.29, 1.82) is 0 Å². The van der Waals surface area contributed by atoms with E-state index < -0.39 is 24.3 Å².